The predicted octanol–water partition coefficient (Wildman–Crippen LogP) is 3.86. The van der Waals surface area contributed by atoms with Crippen molar-refractivity contribution in [3.05, 3.63) is 47.3 Å². The first-order chi connectivity index (χ1) is 10.9. The molecule has 0 aliphatic carbocycles. The second-order valence-corrected chi connectivity index (χ2v) is 4.12. The zero-order valence-corrected chi connectivity index (χ0v) is 11.7. The van der Waals surface area contributed by atoms with Crippen LogP contribution in [-0.4, -0.2) is 18.8 Å². The summed E-state index contributed by atoms with van der Waals surface area (Å²) in [5.74, 6) is -20.1. The summed E-state index contributed by atoms with van der Waals surface area (Å²) in [6, 6.07) is 0. The van der Waals surface area contributed by atoms with Crippen molar-refractivity contribution in [3.63, 3.8) is 0 Å². The molecule has 3 nitrogen and oxygen atoms in total. The molecule has 1 aromatic rings. The van der Waals surface area contributed by atoms with Crippen molar-refractivity contribution in [2.45, 2.75) is 18.9 Å². The molecule has 24 heavy (non-hydrogen) atoms. The topological polar surface area (TPSA) is 35.5 Å². The molecule has 0 saturated carbocycles. The average molecular weight is 364 g/mol. The zero-order valence-electron chi connectivity index (χ0n) is 11.7. The molecular formula is C13H8F8O3. The fourth-order valence-corrected chi connectivity index (χ4v) is 1.71. The molecule has 0 aliphatic rings. The van der Waals surface area contributed by atoms with Crippen molar-refractivity contribution in [2.24, 2.45) is 0 Å². The van der Waals surface area contributed by atoms with Crippen molar-refractivity contribution < 1.29 is 49.4 Å². The minimum Gasteiger partial charge on any atom is -0.415 e. The van der Waals surface area contributed by atoms with Crippen LogP contribution in [0.3, 0.4) is 0 Å². The number of carbonyl (C=O) groups is 1. The lowest BCUT2D eigenvalue weighted by atomic mass is 10.0. The fourth-order valence-electron chi connectivity index (χ4n) is 1.71. The van der Waals surface area contributed by atoms with Crippen molar-refractivity contribution in [3.8, 4) is 0 Å². The van der Waals surface area contributed by atoms with E-state index in [1.807, 2.05) is 0 Å². The molecule has 0 spiro atoms. The van der Waals surface area contributed by atoms with E-state index in [2.05, 4.69) is 16.1 Å². The normalized spacial score (nSPS) is 14.2. The van der Waals surface area contributed by atoms with E-state index in [1.54, 1.807) is 0 Å². The van der Waals surface area contributed by atoms with Crippen molar-refractivity contribution >= 4 is 5.97 Å². The number of halogens is 8. The standard InChI is InChI=1S/C13H8F8O3/c1-3-5(22)24-12(23-4-2,13(19,20)21)6-7(14)9(16)11(18)10(17)8(6)15/h3H,1,4H2,2H3. The maximum atomic E-state index is 13.8. The molecule has 0 aromatic heterocycles. The van der Waals surface area contributed by atoms with Gasteiger partial charge in [0.05, 0.1) is 0 Å². The number of hydrogen-bond donors (Lipinski definition) is 0. The van der Waals surface area contributed by atoms with E-state index in [0.717, 1.165) is 6.92 Å². The van der Waals surface area contributed by atoms with Gasteiger partial charge in [0, 0.05) is 12.7 Å². The lowest BCUT2D eigenvalue weighted by Crippen LogP contribution is -2.50. The van der Waals surface area contributed by atoms with Crippen LogP contribution in [0.1, 0.15) is 12.5 Å². The Morgan fingerprint density at radius 2 is 1.42 bits per heavy atom. The molecule has 0 heterocycles. The Morgan fingerprint density at radius 3 is 1.75 bits per heavy atom. The number of hydrogen-bond acceptors (Lipinski definition) is 3. The van der Waals surface area contributed by atoms with E-state index in [-0.39, 0.29) is 6.08 Å². The molecule has 0 saturated heterocycles. The first-order valence-electron chi connectivity index (χ1n) is 6.02. The molecule has 1 aromatic carbocycles. The minimum absolute atomic E-state index is 0.186. The second kappa shape index (κ2) is 6.75. The van der Waals surface area contributed by atoms with Gasteiger partial charge >= 0.3 is 17.9 Å². The highest BCUT2D eigenvalue weighted by atomic mass is 19.4. The van der Waals surface area contributed by atoms with Gasteiger partial charge in [0.25, 0.3) is 0 Å². The quantitative estimate of drug-likeness (QED) is 0.199. The largest absolute Gasteiger partial charge is 0.460 e. The molecule has 0 fully saturated rings. The molecule has 0 bridgehead atoms. The van der Waals surface area contributed by atoms with Gasteiger partial charge in [-0.1, -0.05) is 6.58 Å². The van der Waals surface area contributed by atoms with Gasteiger partial charge in [-0.15, -0.1) is 0 Å². The summed E-state index contributed by atoms with van der Waals surface area (Å²) < 4.78 is 115. The summed E-state index contributed by atoms with van der Waals surface area (Å²) in [4.78, 5) is 11.2. The molecule has 1 rings (SSSR count). The Morgan fingerprint density at radius 1 is 1.00 bits per heavy atom. The highest BCUT2D eigenvalue weighted by molar-refractivity contribution is 5.81. The van der Waals surface area contributed by atoms with Gasteiger partial charge in [-0.25, -0.2) is 26.7 Å². The minimum atomic E-state index is -5.89. The summed E-state index contributed by atoms with van der Waals surface area (Å²) in [5, 5.41) is 0. The molecular weight excluding hydrogens is 356 g/mol. The summed E-state index contributed by atoms with van der Waals surface area (Å²) in [5.41, 5.74) is -2.50. The van der Waals surface area contributed by atoms with Crippen molar-refractivity contribution in [1.29, 1.82) is 0 Å². The first kappa shape index (κ1) is 19.9. The van der Waals surface area contributed by atoms with Gasteiger partial charge in [-0.05, 0) is 6.92 Å². The van der Waals surface area contributed by atoms with Gasteiger partial charge < -0.3 is 9.47 Å². The highest BCUT2D eigenvalue weighted by Gasteiger charge is 2.64. The van der Waals surface area contributed by atoms with Crippen LogP contribution < -0.4 is 0 Å². The van der Waals surface area contributed by atoms with Gasteiger partial charge in [-0.3, -0.25) is 0 Å². The summed E-state index contributed by atoms with van der Waals surface area (Å²) >= 11 is 0. The van der Waals surface area contributed by atoms with Crippen LogP contribution >= 0.6 is 0 Å². The Bertz CT molecular complexity index is 641. The summed E-state index contributed by atoms with van der Waals surface area (Å²) in [6.45, 7) is 2.74. The average Bonchev–Trinajstić information content (AvgIpc) is 2.49. The second-order valence-electron chi connectivity index (χ2n) is 4.12. The number of alkyl halides is 3. The van der Waals surface area contributed by atoms with E-state index >= 15 is 0 Å². The van der Waals surface area contributed by atoms with Crippen LogP contribution in [0.25, 0.3) is 0 Å². The lowest BCUT2D eigenvalue weighted by molar-refractivity contribution is -0.376. The highest BCUT2D eigenvalue weighted by Crippen LogP contribution is 2.46. The molecule has 11 heteroatoms. The molecule has 1 unspecified atom stereocenters. The van der Waals surface area contributed by atoms with Crippen LogP contribution in [0, 0.1) is 29.1 Å². The first-order valence-corrected chi connectivity index (χ1v) is 6.02. The molecule has 134 valence electrons. The Hall–Kier alpha value is -2.17. The Balaban J connectivity index is 3.92. The zero-order chi connectivity index (χ0) is 18.9. The van der Waals surface area contributed by atoms with E-state index in [1.165, 1.54) is 0 Å². The fraction of sp³-hybridized carbons (Fsp3) is 0.308. The Kier molecular flexibility index (Phi) is 5.59. The smallest absolute Gasteiger partial charge is 0.415 e. The third-order valence-electron chi connectivity index (χ3n) is 2.67. The van der Waals surface area contributed by atoms with Crippen LogP contribution in [0.2, 0.25) is 0 Å². The molecule has 1 atom stereocenters. The third-order valence-corrected chi connectivity index (χ3v) is 2.67. The lowest BCUT2D eigenvalue weighted by Gasteiger charge is -2.34. The molecule has 0 radical (unpaired) electrons. The maximum Gasteiger partial charge on any atom is 0.460 e. The predicted molar refractivity (Wildman–Crippen MR) is 61.9 cm³/mol. The van der Waals surface area contributed by atoms with E-state index < -0.39 is 59.2 Å². The Labute approximate surface area is 129 Å². The van der Waals surface area contributed by atoms with E-state index in [9.17, 15) is 39.9 Å². The van der Waals surface area contributed by atoms with Gasteiger partial charge in [0.2, 0.25) is 5.82 Å². The summed E-state index contributed by atoms with van der Waals surface area (Å²) in [7, 11) is 0. The van der Waals surface area contributed by atoms with Gasteiger partial charge in [0.15, 0.2) is 23.3 Å². The van der Waals surface area contributed by atoms with E-state index in [0.29, 0.717) is 0 Å². The molecule has 0 N–H and O–H groups in total. The monoisotopic (exact) mass is 364 g/mol. The van der Waals surface area contributed by atoms with Gasteiger partial charge in [0.1, 0.15) is 5.56 Å². The van der Waals surface area contributed by atoms with Crippen molar-refractivity contribution in [2.75, 3.05) is 6.61 Å². The number of carbonyl (C=O) groups excluding carboxylic acids is 1. The SMILES string of the molecule is C=CC(=O)OC(OCC)(c1c(F)c(F)c(F)c(F)c1F)C(F)(F)F. The maximum absolute atomic E-state index is 13.8. The number of esters is 1. The number of benzene rings is 1. The van der Waals surface area contributed by atoms with Crippen LogP contribution in [0.5, 0.6) is 0 Å². The van der Waals surface area contributed by atoms with Crippen LogP contribution in [-0.2, 0) is 20.1 Å². The number of ether oxygens (including phenoxy) is 2. The molecule has 0 aliphatic heterocycles. The molecule has 0 amide bonds. The summed E-state index contributed by atoms with van der Waals surface area (Å²) in [6.07, 6.45) is -5.70. The van der Waals surface area contributed by atoms with Crippen LogP contribution in [0.4, 0.5) is 35.1 Å². The number of rotatable bonds is 5. The third kappa shape index (κ3) is 3.07. The van der Waals surface area contributed by atoms with Gasteiger partial charge in [-0.2, -0.15) is 13.2 Å². The van der Waals surface area contributed by atoms with Crippen molar-refractivity contribution in [1.82, 2.24) is 0 Å². The van der Waals surface area contributed by atoms with E-state index in [4.69, 9.17) is 0 Å². The van der Waals surface area contributed by atoms with Crippen LogP contribution in [0.15, 0.2) is 12.7 Å².